The summed E-state index contributed by atoms with van der Waals surface area (Å²) in [6.07, 6.45) is 4.39. The van der Waals surface area contributed by atoms with Gasteiger partial charge in [0.15, 0.2) is 5.78 Å². The molecule has 1 heterocycles. The summed E-state index contributed by atoms with van der Waals surface area (Å²) in [6, 6.07) is 7.92. The van der Waals surface area contributed by atoms with Gasteiger partial charge in [0.05, 0.1) is 5.56 Å². The van der Waals surface area contributed by atoms with Crippen LogP contribution in [0.1, 0.15) is 16.1 Å². The van der Waals surface area contributed by atoms with E-state index in [0.717, 1.165) is 28.6 Å². The minimum Gasteiger partial charge on any atom is -0.358 e. The fraction of sp³-hybridized carbons (Fsp3) is 0.0833. The lowest BCUT2D eigenvalue weighted by Crippen LogP contribution is -2.03. The number of para-hydroxylation sites is 1. The number of allylic oxidation sites excluding steroid dienone is 2. The van der Waals surface area contributed by atoms with Crippen molar-refractivity contribution in [2.24, 2.45) is 0 Å². The molecule has 0 atom stereocenters. The molecule has 1 aromatic heterocycles. The van der Waals surface area contributed by atoms with Gasteiger partial charge in [0.2, 0.25) is 0 Å². The van der Waals surface area contributed by atoms with Crippen molar-refractivity contribution in [3.63, 3.8) is 0 Å². The van der Waals surface area contributed by atoms with E-state index in [0.29, 0.717) is 0 Å². The first kappa shape index (κ1) is 7.56. The first-order valence-electron chi connectivity index (χ1n) is 4.67. The van der Waals surface area contributed by atoms with E-state index in [-0.39, 0.29) is 5.78 Å². The number of H-pyrrole nitrogens is 1. The first-order chi connectivity index (χ1) is 6.86. The molecule has 2 aromatic rings. The average Bonchev–Trinajstić information content (AvgIpc) is 2.57. The third-order valence-corrected chi connectivity index (χ3v) is 2.62. The van der Waals surface area contributed by atoms with Crippen molar-refractivity contribution in [1.29, 1.82) is 0 Å². The predicted molar refractivity (Wildman–Crippen MR) is 55.5 cm³/mol. The second kappa shape index (κ2) is 2.58. The first-order valence-corrected chi connectivity index (χ1v) is 4.67. The molecule has 0 unspecified atom stereocenters. The molecule has 68 valence electrons. The third kappa shape index (κ3) is 0.880. The second-order valence-electron chi connectivity index (χ2n) is 3.49. The van der Waals surface area contributed by atoms with Gasteiger partial charge in [0, 0.05) is 23.0 Å². The molecule has 0 spiro atoms. The molecule has 0 bridgehead atoms. The number of rotatable bonds is 0. The van der Waals surface area contributed by atoms with E-state index in [1.54, 1.807) is 6.08 Å². The van der Waals surface area contributed by atoms with Crippen LogP contribution in [-0.2, 0) is 6.42 Å². The summed E-state index contributed by atoms with van der Waals surface area (Å²) in [7, 11) is 0. The molecule has 1 N–H and O–H groups in total. The van der Waals surface area contributed by atoms with E-state index >= 15 is 0 Å². The number of nitrogens with one attached hydrogen (secondary N) is 1. The monoisotopic (exact) mass is 183 g/mol. The zero-order valence-corrected chi connectivity index (χ0v) is 7.58. The minimum absolute atomic E-state index is 0.115. The number of ketones is 1. The molecule has 0 fully saturated rings. The van der Waals surface area contributed by atoms with Gasteiger partial charge in [-0.2, -0.15) is 0 Å². The second-order valence-corrected chi connectivity index (χ2v) is 3.49. The summed E-state index contributed by atoms with van der Waals surface area (Å²) in [4.78, 5) is 14.9. The molecule has 0 amide bonds. The molecule has 1 aliphatic rings. The number of hydrogen-bond donors (Lipinski definition) is 1. The van der Waals surface area contributed by atoms with Crippen LogP contribution in [0.15, 0.2) is 36.4 Å². The van der Waals surface area contributed by atoms with Crippen LogP contribution in [0.4, 0.5) is 0 Å². The highest BCUT2D eigenvalue weighted by Crippen LogP contribution is 2.25. The summed E-state index contributed by atoms with van der Waals surface area (Å²) in [6.45, 7) is 0. The summed E-state index contributed by atoms with van der Waals surface area (Å²) in [5, 5.41) is 1.04. The Labute approximate surface area is 81.2 Å². The zero-order chi connectivity index (χ0) is 9.54. The Morgan fingerprint density at radius 3 is 3.00 bits per heavy atom. The Morgan fingerprint density at radius 1 is 1.21 bits per heavy atom. The molecule has 1 aliphatic carbocycles. The van der Waals surface area contributed by atoms with Crippen LogP contribution in [0.3, 0.4) is 0 Å². The molecule has 14 heavy (non-hydrogen) atoms. The molecule has 0 radical (unpaired) electrons. The number of carbonyl (C=O) groups is 1. The summed E-state index contributed by atoms with van der Waals surface area (Å²) in [5.74, 6) is 0.115. The molecule has 0 aliphatic heterocycles. The highest BCUT2D eigenvalue weighted by atomic mass is 16.1. The van der Waals surface area contributed by atoms with Gasteiger partial charge in [0.1, 0.15) is 0 Å². The largest absolute Gasteiger partial charge is 0.358 e. The van der Waals surface area contributed by atoms with Crippen LogP contribution in [-0.4, -0.2) is 10.8 Å². The lowest BCUT2D eigenvalue weighted by atomic mass is 10.0. The Bertz CT molecular complexity index is 548. The van der Waals surface area contributed by atoms with Crippen molar-refractivity contribution < 1.29 is 4.79 Å². The van der Waals surface area contributed by atoms with Gasteiger partial charge in [-0.15, -0.1) is 0 Å². The van der Waals surface area contributed by atoms with Gasteiger partial charge in [0.25, 0.3) is 0 Å². The van der Waals surface area contributed by atoms with Crippen molar-refractivity contribution in [3.05, 3.63) is 47.7 Å². The maximum atomic E-state index is 11.7. The molecule has 1 aromatic carbocycles. The lowest BCUT2D eigenvalue weighted by Gasteiger charge is -2.02. The zero-order valence-electron chi connectivity index (χ0n) is 7.58. The van der Waals surface area contributed by atoms with Crippen LogP contribution < -0.4 is 0 Å². The normalized spacial score (nSPS) is 14.7. The van der Waals surface area contributed by atoms with E-state index in [2.05, 4.69) is 4.98 Å². The summed E-state index contributed by atoms with van der Waals surface area (Å²) >= 11 is 0. The highest BCUT2D eigenvalue weighted by molar-refractivity contribution is 6.15. The molecular weight excluding hydrogens is 174 g/mol. The van der Waals surface area contributed by atoms with Gasteiger partial charge in [-0.3, -0.25) is 4.79 Å². The molecule has 0 saturated carbocycles. The smallest absolute Gasteiger partial charge is 0.187 e. The van der Waals surface area contributed by atoms with Gasteiger partial charge in [-0.05, 0) is 12.1 Å². The van der Waals surface area contributed by atoms with Crippen LogP contribution in [0.5, 0.6) is 0 Å². The molecule has 2 heteroatoms. The Morgan fingerprint density at radius 2 is 2.07 bits per heavy atom. The fourth-order valence-electron chi connectivity index (χ4n) is 2.00. The number of benzene rings is 1. The van der Waals surface area contributed by atoms with Gasteiger partial charge in [-0.25, -0.2) is 0 Å². The van der Waals surface area contributed by atoms with E-state index < -0.39 is 0 Å². The van der Waals surface area contributed by atoms with Crippen LogP contribution in [0, 0.1) is 0 Å². The highest BCUT2D eigenvalue weighted by Gasteiger charge is 2.17. The third-order valence-electron chi connectivity index (χ3n) is 2.62. The maximum absolute atomic E-state index is 11.7. The van der Waals surface area contributed by atoms with Crippen molar-refractivity contribution in [3.8, 4) is 0 Å². The standard InChI is InChI=1S/C12H9NO/c14-11-7-3-6-10-12(11)8-4-1-2-5-9(8)13-10/h1-5,7,13H,6H2. The van der Waals surface area contributed by atoms with Gasteiger partial charge in [-0.1, -0.05) is 24.3 Å². The van der Waals surface area contributed by atoms with E-state index in [1.807, 2.05) is 30.3 Å². The number of fused-ring (bicyclic) bond motifs is 3. The van der Waals surface area contributed by atoms with Crippen LogP contribution in [0.2, 0.25) is 0 Å². The van der Waals surface area contributed by atoms with E-state index in [1.165, 1.54) is 0 Å². The van der Waals surface area contributed by atoms with E-state index in [4.69, 9.17) is 0 Å². The van der Waals surface area contributed by atoms with E-state index in [9.17, 15) is 4.79 Å². The predicted octanol–water partition coefficient (Wildman–Crippen LogP) is 2.46. The van der Waals surface area contributed by atoms with Gasteiger partial charge < -0.3 is 4.98 Å². The van der Waals surface area contributed by atoms with Crippen molar-refractivity contribution in [2.75, 3.05) is 0 Å². The Balaban J connectivity index is 2.42. The van der Waals surface area contributed by atoms with Crippen molar-refractivity contribution in [2.45, 2.75) is 6.42 Å². The van der Waals surface area contributed by atoms with Crippen LogP contribution in [0.25, 0.3) is 10.9 Å². The van der Waals surface area contributed by atoms with Crippen LogP contribution >= 0.6 is 0 Å². The SMILES string of the molecule is O=C1C=CCc2[nH]c3ccccc3c21. The molecular formula is C12H9NO. The summed E-state index contributed by atoms with van der Waals surface area (Å²) in [5.41, 5.74) is 2.94. The number of aromatic amines is 1. The average molecular weight is 183 g/mol. The van der Waals surface area contributed by atoms with Crippen molar-refractivity contribution >= 4 is 16.7 Å². The Hall–Kier alpha value is -1.83. The van der Waals surface area contributed by atoms with Crippen molar-refractivity contribution in [1.82, 2.24) is 4.98 Å². The maximum Gasteiger partial charge on any atom is 0.187 e. The molecule has 0 saturated heterocycles. The molecule has 3 rings (SSSR count). The quantitative estimate of drug-likeness (QED) is 0.668. The summed E-state index contributed by atoms with van der Waals surface area (Å²) < 4.78 is 0. The number of carbonyl (C=O) groups excluding carboxylic acids is 1. The molecule has 2 nitrogen and oxygen atoms in total. The number of hydrogen-bond acceptors (Lipinski definition) is 1. The topological polar surface area (TPSA) is 32.9 Å². The number of aromatic nitrogens is 1. The lowest BCUT2D eigenvalue weighted by molar-refractivity contribution is 0.104. The minimum atomic E-state index is 0.115. The fourth-order valence-corrected chi connectivity index (χ4v) is 2.00. The van der Waals surface area contributed by atoms with Gasteiger partial charge >= 0.3 is 0 Å². The Kier molecular flexibility index (Phi) is 1.39.